The summed E-state index contributed by atoms with van der Waals surface area (Å²) in [7, 11) is 0. The summed E-state index contributed by atoms with van der Waals surface area (Å²) in [5.74, 6) is -0.170. The number of guanidine groups is 1. The van der Waals surface area contributed by atoms with Gasteiger partial charge < -0.3 is 19.6 Å². The van der Waals surface area contributed by atoms with E-state index in [2.05, 4.69) is 10.3 Å². The second-order valence-corrected chi connectivity index (χ2v) is 8.81. The minimum Gasteiger partial charge on any atom is -0.493 e. The summed E-state index contributed by atoms with van der Waals surface area (Å²) in [6.07, 6.45) is 5.62. The van der Waals surface area contributed by atoms with Crippen molar-refractivity contribution in [1.29, 1.82) is 0 Å². The molecule has 1 aromatic rings. The van der Waals surface area contributed by atoms with E-state index in [0.717, 1.165) is 37.7 Å². The van der Waals surface area contributed by atoms with E-state index in [9.17, 15) is 19.5 Å². The van der Waals surface area contributed by atoms with Crippen LogP contribution < -0.4 is 10.1 Å². The molecule has 10 heteroatoms. The second-order valence-electron chi connectivity index (χ2n) is 8.40. The molecular weight excluding hydrogens is 436 g/mol. The molecule has 0 atom stereocenters. The Morgan fingerprint density at radius 2 is 2.03 bits per heavy atom. The van der Waals surface area contributed by atoms with Gasteiger partial charge in [0.1, 0.15) is 18.8 Å². The molecule has 0 radical (unpaired) electrons. The van der Waals surface area contributed by atoms with E-state index in [0.29, 0.717) is 42.0 Å². The van der Waals surface area contributed by atoms with Crippen LogP contribution in [0.5, 0.6) is 5.75 Å². The van der Waals surface area contributed by atoms with Crippen molar-refractivity contribution in [3.63, 3.8) is 0 Å². The van der Waals surface area contributed by atoms with E-state index < -0.39 is 5.97 Å². The highest BCUT2D eigenvalue weighted by Crippen LogP contribution is 2.36. The summed E-state index contributed by atoms with van der Waals surface area (Å²) in [4.78, 5) is 43.4. The van der Waals surface area contributed by atoms with Gasteiger partial charge in [0.2, 0.25) is 17.8 Å². The van der Waals surface area contributed by atoms with Crippen molar-refractivity contribution in [2.75, 3.05) is 19.7 Å². The van der Waals surface area contributed by atoms with Crippen molar-refractivity contribution >= 4 is 41.0 Å². The number of carbonyl (C=O) groups is 3. The van der Waals surface area contributed by atoms with Gasteiger partial charge in [0.05, 0.1) is 17.3 Å². The maximum atomic E-state index is 12.7. The number of carboxylic acids is 1. The Bertz CT molecular complexity index is 944. The maximum Gasteiger partial charge on any atom is 0.323 e. The van der Waals surface area contributed by atoms with Gasteiger partial charge in [-0.05, 0) is 25.3 Å². The molecule has 2 aliphatic heterocycles. The second kappa shape index (κ2) is 9.77. The van der Waals surface area contributed by atoms with Crippen LogP contribution in [0.1, 0.15) is 50.5 Å². The third-order valence-electron chi connectivity index (χ3n) is 6.05. The van der Waals surface area contributed by atoms with Gasteiger partial charge in [0.15, 0.2) is 0 Å². The number of amides is 2. The van der Waals surface area contributed by atoms with Gasteiger partial charge in [0, 0.05) is 30.6 Å². The first-order chi connectivity index (χ1) is 15.4. The van der Waals surface area contributed by atoms with Gasteiger partial charge in [-0.15, -0.1) is 0 Å². The number of nitrogens with one attached hydrogen (secondary N) is 1. The molecule has 0 spiro atoms. The fraction of sp³-hybridized carbons (Fsp3) is 0.545. The van der Waals surface area contributed by atoms with E-state index in [1.807, 2.05) is 4.90 Å². The summed E-state index contributed by atoms with van der Waals surface area (Å²) in [5, 5.41) is 12.4. The number of hydrogen-bond acceptors (Lipinski definition) is 6. The van der Waals surface area contributed by atoms with Crippen LogP contribution in [0.2, 0.25) is 5.02 Å². The number of carboxylic acid groups (broad SMARTS) is 1. The van der Waals surface area contributed by atoms with E-state index in [-0.39, 0.29) is 37.4 Å². The van der Waals surface area contributed by atoms with Gasteiger partial charge >= 0.3 is 5.97 Å². The van der Waals surface area contributed by atoms with Crippen LogP contribution in [0.15, 0.2) is 17.1 Å². The number of fused-ring (bicyclic) bond motifs is 2. The average Bonchev–Trinajstić information content (AvgIpc) is 3.13. The molecule has 0 aromatic heterocycles. The molecule has 1 aliphatic carbocycles. The van der Waals surface area contributed by atoms with Crippen LogP contribution >= 0.6 is 11.6 Å². The van der Waals surface area contributed by atoms with Gasteiger partial charge in [0.25, 0.3) is 0 Å². The minimum atomic E-state index is -0.984. The molecule has 1 saturated carbocycles. The average molecular weight is 463 g/mol. The number of benzene rings is 1. The predicted molar refractivity (Wildman–Crippen MR) is 118 cm³/mol. The van der Waals surface area contributed by atoms with Gasteiger partial charge in [-0.25, -0.2) is 4.99 Å². The number of rotatable bonds is 8. The summed E-state index contributed by atoms with van der Waals surface area (Å²) in [6, 6.07) is 3.51. The standard InChI is InChI=1S/C22H27ClN4O5/c23-17-9-15(10-18-16(17)11-26-12-19(28)25-22(26)24-18)32-8-4-7-20(29)27(13-21(30)31)14-5-2-1-3-6-14/h9-10,14H,1-8,11-13H2,(H,30,31)(H,24,25,28). The lowest BCUT2D eigenvalue weighted by Gasteiger charge is -2.33. The van der Waals surface area contributed by atoms with Crippen molar-refractivity contribution in [3.8, 4) is 5.75 Å². The van der Waals surface area contributed by atoms with E-state index in [1.165, 1.54) is 4.90 Å². The first-order valence-corrected chi connectivity index (χ1v) is 11.4. The maximum absolute atomic E-state index is 12.7. The molecule has 0 unspecified atom stereocenters. The molecule has 4 rings (SSSR count). The van der Waals surface area contributed by atoms with Crippen molar-refractivity contribution < 1.29 is 24.2 Å². The highest BCUT2D eigenvalue weighted by Gasteiger charge is 2.30. The van der Waals surface area contributed by atoms with E-state index in [4.69, 9.17) is 16.3 Å². The lowest BCUT2D eigenvalue weighted by Crippen LogP contribution is -2.44. The van der Waals surface area contributed by atoms with Gasteiger partial charge in [-0.2, -0.15) is 0 Å². The zero-order chi connectivity index (χ0) is 22.7. The summed E-state index contributed by atoms with van der Waals surface area (Å²) < 4.78 is 5.80. The summed E-state index contributed by atoms with van der Waals surface area (Å²) in [6.45, 7) is 0.812. The molecular formula is C22H27ClN4O5. The molecule has 2 N–H and O–H groups in total. The van der Waals surface area contributed by atoms with Gasteiger partial charge in [-0.1, -0.05) is 30.9 Å². The Morgan fingerprint density at radius 3 is 2.78 bits per heavy atom. The van der Waals surface area contributed by atoms with Crippen LogP contribution in [0.4, 0.5) is 5.69 Å². The zero-order valence-corrected chi connectivity index (χ0v) is 18.6. The fourth-order valence-corrected chi connectivity index (χ4v) is 4.74. The van der Waals surface area contributed by atoms with E-state index in [1.54, 1.807) is 12.1 Å². The minimum absolute atomic E-state index is 0.0162. The van der Waals surface area contributed by atoms with Crippen molar-refractivity contribution in [3.05, 3.63) is 22.7 Å². The molecule has 3 aliphatic rings. The van der Waals surface area contributed by atoms with E-state index >= 15 is 0 Å². The van der Waals surface area contributed by atoms with Crippen LogP contribution in [-0.4, -0.2) is 64.4 Å². The SMILES string of the molecule is O=C(O)CN(C(=O)CCCOc1cc(Cl)c2c(c1)N=C1NC(=O)CN1C2)C1CCCCC1. The lowest BCUT2D eigenvalue weighted by atomic mass is 9.94. The van der Waals surface area contributed by atoms with Crippen LogP contribution in [0, 0.1) is 0 Å². The molecule has 0 bridgehead atoms. The lowest BCUT2D eigenvalue weighted by molar-refractivity contribution is -0.146. The smallest absolute Gasteiger partial charge is 0.323 e. The Labute approximate surface area is 191 Å². The normalized spacial score (nSPS) is 17.8. The number of halogens is 1. The topological polar surface area (TPSA) is 112 Å². The first-order valence-electron chi connectivity index (χ1n) is 11.0. The number of aliphatic imine (C=N–C) groups is 1. The number of carbonyl (C=O) groups excluding carboxylic acids is 2. The first kappa shape index (κ1) is 22.4. The molecule has 1 aromatic carbocycles. The summed E-state index contributed by atoms with van der Waals surface area (Å²) >= 11 is 6.42. The van der Waals surface area contributed by atoms with Crippen molar-refractivity contribution in [2.45, 2.75) is 57.5 Å². The van der Waals surface area contributed by atoms with Crippen molar-refractivity contribution in [1.82, 2.24) is 15.1 Å². The molecule has 1 saturated heterocycles. The zero-order valence-electron chi connectivity index (χ0n) is 17.8. The van der Waals surface area contributed by atoms with Gasteiger partial charge in [-0.3, -0.25) is 19.7 Å². The largest absolute Gasteiger partial charge is 0.493 e. The van der Waals surface area contributed by atoms with Crippen LogP contribution in [0.25, 0.3) is 0 Å². The third-order valence-corrected chi connectivity index (χ3v) is 6.39. The highest BCUT2D eigenvalue weighted by molar-refractivity contribution is 6.32. The molecule has 2 heterocycles. The number of aliphatic carboxylic acids is 1. The Hall–Kier alpha value is -2.81. The Balaban J connectivity index is 1.32. The number of ether oxygens (including phenoxy) is 1. The molecule has 32 heavy (non-hydrogen) atoms. The van der Waals surface area contributed by atoms with Crippen LogP contribution in [0.3, 0.4) is 0 Å². The third kappa shape index (κ3) is 5.15. The number of nitrogens with zero attached hydrogens (tertiary/aromatic N) is 3. The number of hydrogen-bond donors (Lipinski definition) is 2. The monoisotopic (exact) mass is 462 g/mol. The predicted octanol–water partition coefficient (Wildman–Crippen LogP) is 2.68. The molecule has 9 nitrogen and oxygen atoms in total. The quantitative estimate of drug-likeness (QED) is 0.574. The van der Waals surface area contributed by atoms with Crippen molar-refractivity contribution in [2.24, 2.45) is 4.99 Å². The Kier molecular flexibility index (Phi) is 6.83. The molecule has 172 valence electrons. The van der Waals surface area contributed by atoms with Crippen LogP contribution in [-0.2, 0) is 20.9 Å². The summed E-state index contributed by atoms with van der Waals surface area (Å²) in [5.41, 5.74) is 1.49. The highest BCUT2D eigenvalue weighted by atomic mass is 35.5. The Morgan fingerprint density at radius 1 is 1.25 bits per heavy atom. The fourth-order valence-electron chi connectivity index (χ4n) is 4.48. The molecule has 2 amide bonds. The molecule has 2 fully saturated rings.